The second-order valence-electron chi connectivity index (χ2n) is 8.34. The molecule has 168 valence electrons. The minimum atomic E-state index is -0.342. The Kier molecular flexibility index (Phi) is 5.93. The Balaban J connectivity index is 1.30. The fourth-order valence-corrected chi connectivity index (χ4v) is 5.35. The van der Waals surface area contributed by atoms with Crippen LogP contribution in [0, 0.1) is 11.7 Å². The molecule has 4 heterocycles. The van der Waals surface area contributed by atoms with Gasteiger partial charge in [0.05, 0.1) is 11.6 Å². The number of hydrogen-bond donors (Lipinski definition) is 2. The summed E-state index contributed by atoms with van der Waals surface area (Å²) >= 11 is 1.26. The van der Waals surface area contributed by atoms with Crippen molar-refractivity contribution in [3.63, 3.8) is 0 Å². The number of nitrogens with zero attached hydrogens (tertiary/aromatic N) is 2. The normalized spacial score (nSPS) is 19.5. The molecule has 2 fully saturated rings. The third kappa shape index (κ3) is 4.14. The molecule has 2 N–H and O–H groups in total. The largest absolute Gasteiger partial charge is 0.376 e. The van der Waals surface area contributed by atoms with Gasteiger partial charge in [0, 0.05) is 48.7 Å². The molecule has 7 nitrogen and oxygen atoms in total. The number of rotatable bonds is 5. The van der Waals surface area contributed by atoms with E-state index in [9.17, 15) is 14.0 Å². The molecule has 0 radical (unpaired) electrons. The maximum absolute atomic E-state index is 14.4. The first-order chi connectivity index (χ1) is 15.6. The lowest BCUT2D eigenvalue weighted by Crippen LogP contribution is -2.43. The van der Waals surface area contributed by atoms with E-state index in [4.69, 9.17) is 9.72 Å². The van der Waals surface area contributed by atoms with Crippen molar-refractivity contribution < 1.29 is 13.9 Å². The van der Waals surface area contributed by atoms with E-state index in [-0.39, 0.29) is 29.3 Å². The molecule has 0 aliphatic carbocycles. The zero-order valence-corrected chi connectivity index (χ0v) is 18.4. The van der Waals surface area contributed by atoms with Crippen molar-refractivity contribution in [2.45, 2.75) is 31.8 Å². The monoisotopic (exact) mass is 456 g/mol. The Morgan fingerprint density at radius 3 is 2.81 bits per heavy atom. The van der Waals surface area contributed by atoms with Crippen LogP contribution in [0.5, 0.6) is 0 Å². The van der Waals surface area contributed by atoms with Gasteiger partial charge in [-0.1, -0.05) is 18.2 Å². The Hall–Kier alpha value is -2.78. The first kappa shape index (κ1) is 21.1. The number of piperidine rings is 1. The molecule has 2 saturated heterocycles. The SMILES string of the molecule is O=C(NC[C@@H]1CCCO1)C1CCN(c2nc3c(-c4ccccc4F)csc3c(=O)[nH]2)CC1. The van der Waals surface area contributed by atoms with Crippen molar-refractivity contribution >= 4 is 33.4 Å². The summed E-state index contributed by atoms with van der Waals surface area (Å²) in [6, 6.07) is 6.51. The third-order valence-electron chi connectivity index (χ3n) is 6.27. The van der Waals surface area contributed by atoms with Crippen molar-refractivity contribution in [1.82, 2.24) is 15.3 Å². The van der Waals surface area contributed by atoms with Crippen LogP contribution in [0.4, 0.5) is 10.3 Å². The number of thiophene rings is 1. The lowest BCUT2D eigenvalue weighted by atomic mass is 9.96. The molecule has 2 aromatic heterocycles. The molecular weight excluding hydrogens is 431 g/mol. The summed E-state index contributed by atoms with van der Waals surface area (Å²) in [6.07, 6.45) is 3.55. The minimum absolute atomic E-state index is 0.0572. The Bertz CT molecular complexity index is 1180. The number of hydrogen-bond acceptors (Lipinski definition) is 6. The van der Waals surface area contributed by atoms with Crippen LogP contribution >= 0.6 is 11.3 Å². The van der Waals surface area contributed by atoms with Crippen molar-refractivity contribution in [2.75, 3.05) is 31.1 Å². The molecule has 3 aromatic rings. The van der Waals surface area contributed by atoms with Gasteiger partial charge in [0.1, 0.15) is 10.5 Å². The van der Waals surface area contributed by atoms with E-state index in [1.807, 2.05) is 4.90 Å². The van der Waals surface area contributed by atoms with Crippen LogP contribution in [-0.4, -0.2) is 48.2 Å². The molecule has 9 heteroatoms. The van der Waals surface area contributed by atoms with E-state index < -0.39 is 0 Å². The van der Waals surface area contributed by atoms with Gasteiger partial charge in [-0.25, -0.2) is 9.37 Å². The smallest absolute Gasteiger partial charge is 0.270 e. The minimum Gasteiger partial charge on any atom is -0.376 e. The first-order valence-corrected chi connectivity index (χ1v) is 11.9. The van der Waals surface area contributed by atoms with Crippen LogP contribution in [-0.2, 0) is 9.53 Å². The van der Waals surface area contributed by atoms with Gasteiger partial charge in [0.25, 0.3) is 5.56 Å². The number of aromatic nitrogens is 2. The number of carbonyl (C=O) groups excluding carboxylic acids is 1. The molecule has 2 aliphatic heterocycles. The second kappa shape index (κ2) is 8.99. The van der Waals surface area contributed by atoms with Gasteiger partial charge in [-0.2, -0.15) is 0 Å². The second-order valence-corrected chi connectivity index (χ2v) is 9.22. The third-order valence-corrected chi connectivity index (χ3v) is 7.24. The molecular formula is C23H25FN4O3S. The molecule has 1 amide bonds. The number of anilines is 1. The molecule has 5 rings (SSSR count). The number of benzene rings is 1. The summed E-state index contributed by atoms with van der Waals surface area (Å²) in [5.74, 6) is 0.136. The number of nitrogens with one attached hydrogen (secondary N) is 2. The fraction of sp³-hybridized carbons (Fsp3) is 0.435. The van der Waals surface area contributed by atoms with Crippen molar-refractivity contribution in [1.29, 1.82) is 0 Å². The van der Waals surface area contributed by atoms with Gasteiger partial charge in [-0.15, -0.1) is 11.3 Å². The van der Waals surface area contributed by atoms with Crippen LogP contribution in [0.3, 0.4) is 0 Å². The molecule has 0 spiro atoms. The molecule has 1 aromatic carbocycles. The number of fused-ring (bicyclic) bond motifs is 1. The summed E-state index contributed by atoms with van der Waals surface area (Å²) in [5.41, 5.74) is 1.34. The van der Waals surface area contributed by atoms with Crippen LogP contribution in [0.15, 0.2) is 34.4 Å². The maximum Gasteiger partial charge on any atom is 0.270 e. The summed E-state index contributed by atoms with van der Waals surface area (Å²) in [7, 11) is 0. The van der Waals surface area contributed by atoms with Crippen molar-refractivity contribution in [3.8, 4) is 11.1 Å². The van der Waals surface area contributed by atoms with Gasteiger partial charge in [-0.05, 0) is 31.7 Å². The predicted octanol–water partition coefficient (Wildman–Crippen LogP) is 3.30. The predicted molar refractivity (Wildman–Crippen MR) is 123 cm³/mol. The summed E-state index contributed by atoms with van der Waals surface area (Å²) in [6.45, 7) is 2.58. The van der Waals surface area contributed by atoms with Gasteiger partial charge < -0.3 is 15.0 Å². The summed E-state index contributed by atoms with van der Waals surface area (Å²) in [5, 5.41) is 4.80. The highest BCUT2D eigenvalue weighted by Gasteiger charge is 2.27. The van der Waals surface area contributed by atoms with E-state index in [1.165, 1.54) is 17.4 Å². The zero-order valence-electron chi connectivity index (χ0n) is 17.6. The lowest BCUT2D eigenvalue weighted by molar-refractivity contribution is -0.126. The van der Waals surface area contributed by atoms with Gasteiger partial charge >= 0.3 is 0 Å². The van der Waals surface area contributed by atoms with Crippen LogP contribution in [0.25, 0.3) is 21.3 Å². The van der Waals surface area contributed by atoms with Crippen LogP contribution in [0.2, 0.25) is 0 Å². The maximum atomic E-state index is 14.4. The highest BCUT2D eigenvalue weighted by molar-refractivity contribution is 7.17. The highest BCUT2D eigenvalue weighted by Crippen LogP contribution is 2.33. The fourth-order valence-electron chi connectivity index (χ4n) is 4.45. The van der Waals surface area contributed by atoms with Gasteiger partial charge in [0.15, 0.2) is 0 Å². The Morgan fingerprint density at radius 2 is 2.06 bits per heavy atom. The lowest BCUT2D eigenvalue weighted by Gasteiger charge is -2.31. The molecule has 0 bridgehead atoms. The number of H-pyrrole nitrogens is 1. The van der Waals surface area contributed by atoms with E-state index in [0.717, 1.165) is 19.4 Å². The quantitative estimate of drug-likeness (QED) is 0.615. The summed E-state index contributed by atoms with van der Waals surface area (Å²) < 4.78 is 20.4. The van der Waals surface area contributed by atoms with Crippen molar-refractivity contribution in [2.24, 2.45) is 5.92 Å². The van der Waals surface area contributed by atoms with Crippen molar-refractivity contribution in [3.05, 3.63) is 45.8 Å². The standard InChI is InChI=1S/C23H25FN4O3S/c24-18-6-2-1-5-16(18)17-13-32-20-19(17)26-23(27-22(20)30)28-9-7-14(8-10-28)21(29)25-12-15-4-3-11-31-15/h1-2,5-6,13-15H,3-4,7-12H2,(H,25,29)(H,26,27,30)/t15-/m0/s1. The van der Waals surface area contributed by atoms with E-state index in [2.05, 4.69) is 10.3 Å². The summed E-state index contributed by atoms with van der Waals surface area (Å²) in [4.78, 5) is 34.8. The topological polar surface area (TPSA) is 87.3 Å². The number of ether oxygens (including phenoxy) is 1. The van der Waals surface area contributed by atoms with E-state index in [1.54, 1.807) is 23.6 Å². The zero-order chi connectivity index (χ0) is 22.1. The molecule has 0 unspecified atom stereocenters. The number of halogens is 1. The first-order valence-electron chi connectivity index (χ1n) is 11.0. The number of carbonyl (C=O) groups is 1. The van der Waals surface area contributed by atoms with E-state index >= 15 is 0 Å². The van der Waals surface area contributed by atoms with Crippen LogP contribution < -0.4 is 15.8 Å². The Labute approximate surface area is 188 Å². The van der Waals surface area contributed by atoms with Gasteiger partial charge in [-0.3, -0.25) is 14.6 Å². The Morgan fingerprint density at radius 1 is 1.25 bits per heavy atom. The molecule has 1 atom stereocenters. The highest BCUT2D eigenvalue weighted by atomic mass is 32.1. The number of amides is 1. The average molecular weight is 457 g/mol. The molecule has 0 saturated carbocycles. The molecule has 32 heavy (non-hydrogen) atoms. The van der Waals surface area contributed by atoms with Crippen LogP contribution in [0.1, 0.15) is 25.7 Å². The average Bonchev–Trinajstić information content (AvgIpc) is 3.48. The molecule has 2 aliphatic rings. The van der Waals surface area contributed by atoms with E-state index in [0.29, 0.717) is 59.8 Å². The van der Waals surface area contributed by atoms with Gasteiger partial charge in [0.2, 0.25) is 11.9 Å². The number of aromatic amines is 1.